The molecule has 4 rings (SSSR count). The lowest BCUT2D eigenvalue weighted by Crippen LogP contribution is -2.22. The van der Waals surface area contributed by atoms with Crippen LogP contribution in [-0.4, -0.2) is 76.8 Å². The maximum absolute atomic E-state index is 12.7. The highest BCUT2D eigenvalue weighted by Crippen LogP contribution is 2.40. The van der Waals surface area contributed by atoms with Gasteiger partial charge in [0.25, 0.3) is 0 Å². The van der Waals surface area contributed by atoms with Gasteiger partial charge in [0.15, 0.2) is 9.84 Å². The first-order valence-electron chi connectivity index (χ1n) is 9.90. The summed E-state index contributed by atoms with van der Waals surface area (Å²) < 4.78 is 84.1. The monoisotopic (exact) mass is 552 g/mol. The number of primary sulfonamides is 1. The molecule has 1 aliphatic rings. The van der Waals surface area contributed by atoms with Crippen molar-refractivity contribution in [2.75, 3.05) is 12.3 Å². The molecule has 19 heteroatoms. The van der Waals surface area contributed by atoms with Gasteiger partial charge in [0.05, 0.1) is 22.4 Å². The van der Waals surface area contributed by atoms with Crippen LogP contribution in [0.1, 0.15) is 12.1 Å². The number of tetrazole rings is 1. The molecular formula is C17H19F3N8O6S2. The van der Waals surface area contributed by atoms with Gasteiger partial charge >= 0.3 is 12.1 Å². The molecule has 0 atom stereocenters. The molecule has 3 heterocycles. The molecule has 0 radical (unpaired) electrons. The second-order valence-corrected chi connectivity index (χ2v) is 10.9. The Kier molecular flexibility index (Phi) is 7.48. The van der Waals surface area contributed by atoms with E-state index in [2.05, 4.69) is 25.7 Å². The van der Waals surface area contributed by atoms with Crippen molar-refractivity contribution in [3.63, 3.8) is 0 Å². The molecule has 6 N–H and O–H groups in total. The highest BCUT2D eigenvalue weighted by atomic mass is 32.2. The Labute approximate surface area is 201 Å². The number of aliphatic carboxylic acids is 1. The maximum Gasteiger partial charge on any atom is 0.490 e. The standard InChI is InChI=1S/C15H18N8O4S2.C2HF3O2/c16-5-7-28(24,25)12-4-3-9(10-8-18-23-6-1-2-11(10)23)13(14(12)29(17,26)27)15-19-21-22-20-15;3-2(4,5)1(6)7/h3-4,8H,1-2,5-7,16H2,(H2,17,26,27)(H,19,20,21,22);(H,6,7). The number of halogens is 3. The van der Waals surface area contributed by atoms with E-state index in [1.54, 1.807) is 6.20 Å². The molecule has 0 aliphatic carbocycles. The highest BCUT2D eigenvalue weighted by molar-refractivity contribution is 7.93. The van der Waals surface area contributed by atoms with Crippen LogP contribution in [0.25, 0.3) is 22.5 Å². The van der Waals surface area contributed by atoms with Crippen molar-refractivity contribution in [1.29, 1.82) is 0 Å². The van der Waals surface area contributed by atoms with Crippen LogP contribution in [0.4, 0.5) is 13.2 Å². The predicted octanol–water partition coefficient (Wildman–Crippen LogP) is -0.310. The van der Waals surface area contributed by atoms with Crippen LogP contribution in [0.2, 0.25) is 0 Å². The first-order valence-corrected chi connectivity index (χ1v) is 13.1. The minimum absolute atomic E-state index is 0.0398. The lowest BCUT2D eigenvalue weighted by molar-refractivity contribution is -0.192. The molecule has 0 amide bonds. The normalized spacial score (nSPS) is 13.7. The number of rotatable bonds is 6. The van der Waals surface area contributed by atoms with E-state index in [1.165, 1.54) is 12.1 Å². The van der Waals surface area contributed by atoms with Gasteiger partial charge < -0.3 is 10.8 Å². The van der Waals surface area contributed by atoms with Crippen LogP contribution in [-0.2, 0) is 37.6 Å². The van der Waals surface area contributed by atoms with E-state index < -0.39 is 47.5 Å². The molecule has 36 heavy (non-hydrogen) atoms. The minimum Gasteiger partial charge on any atom is -0.475 e. The third kappa shape index (κ3) is 5.53. The van der Waals surface area contributed by atoms with Gasteiger partial charge in [-0.25, -0.2) is 26.8 Å². The summed E-state index contributed by atoms with van der Waals surface area (Å²) in [6.45, 7) is 0.570. The zero-order valence-electron chi connectivity index (χ0n) is 18.1. The van der Waals surface area contributed by atoms with Gasteiger partial charge in [0, 0.05) is 24.3 Å². The first kappa shape index (κ1) is 27.2. The summed E-state index contributed by atoms with van der Waals surface area (Å²) in [7, 11) is -8.51. The van der Waals surface area contributed by atoms with Crippen molar-refractivity contribution >= 4 is 25.8 Å². The Morgan fingerprint density at radius 1 is 1.19 bits per heavy atom. The van der Waals surface area contributed by atoms with Crippen molar-refractivity contribution < 1.29 is 39.9 Å². The molecule has 1 aromatic carbocycles. The van der Waals surface area contributed by atoms with Crippen molar-refractivity contribution in [2.45, 2.75) is 35.4 Å². The summed E-state index contributed by atoms with van der Waals surface area (Å²) in [4.78, 5) is 7.87. The molecule has 0 saturated heterocycles. The Morgan fingerprint density at radius 3 is 2.39 bits per heavy atom. The number of sulfone groups is 1. The van der Waals surface area contributed by atoms with E-state index in [0.717, 1.165) is 25.1 Å². The molecule has 196 valence electrons. The zero-order chi connectivity index (χ0) is 26.9. The number of benzene rings is 1. The van der Waals surface area contributed by atoms with E-state index in [1.807, 2.05) is 4.68 Å². The number of carboxylic acids is 1. The number of H-pyrrole nitrogens is 1. The van der Waals surface area contributed by atoms with E-state index in [9.17, 15) is 30.0 Å². The molecule has 3 aromatic rings. The maximum atomic E-state index is 12.7. The first-order chi connectivity index (χ1) is 16.7. The molecule has 0 bridgehead atoms. The Morgan fingerprint density at radius 2 is 1.86 bits per heavy atom. The summed E-state index contributed by atoms with van der Waals surface area (Å²) in [6, 6.07) is 2.74. The second-order valence-electron chi connectivity index (χ2n) is 7.34. The average Bonchev–Trinajstić information content (AvgIpc) is 3.50. The van der Waals surface area contributed by atoms with Gasteiger partial charge in [0.2, 0.25) is 15.8 Å². The molecule has 0 unspecified atom stereocenters. The summed E-state index contributed by atoms with van der Waals surface area (Å²) in [5.74, 6) is -3.29. The smallest absolute Gasteiger partial charge is 0.475 e. The van der Waals surface area contributed by atoms with Crippen LogP contribution in [0.3, 0.4) is 0 Å². The minimum atomic E-state index is -5.08. The number of nitrogens with one attached hydrogen (secondary N) is 1. The molecule has 0 spiro atoms. The van der Waals surface area contributed by atoms with Crippen LogP contribution in [0.5, 0.6) is 0 Å². The van der Waals surface area contributed by atoms with Gasteiger partial charge in [-0.3, -0.25) is 4.68 Å². The zero-order valence-corrected chi connectivity index (χ0v) is 19.7. The van der Waals surface area contributed by atoms with Crippen molar-refractivity contribution in [2.24, 2.45) is 10.9 Å². The lowest BCUT2D eigenvalue weighted by Gasteiger charge is -2.15. The second kappa shape index (κ2) is 9.91. The summed E-state index contributed by atoms with van der Waals surface area (Å²) in [5.41, 5.74) is 7.34. The highest BCUT2D eigenvalue weighted by Gasteiger charge is 2.38. The third-order valence-corrected chi connectivity index (χ3v) is 7.87. The number of fused-ring (bicyclic) bond motifs is 1. The van der Waals surface area contributed by atoms with Gasteiger partial charge in [-0.05, 0) is 29.7 Å². The number of aromatic nitrogens is 6. The van der Waals surface area contributed by atoms with Gasteiger partial charge in [-0.1, -0.05) is 6.07 Å². The number of alkyl halides is 3. The predicted molar refractivity (Wildman–Crippen MR) is 115 cm³/mol. The number of nitrogens with two attached hydrogens (primary N) is 2. The molecule has 14 nitrogen and oxygen atoms in total. The fourth-order valence-corrected chi connectivity index (χ4v) is 6.31. The largest absolute Gasteiger partial charge is 0.490 e. The van der Waals surface area contributed by atoms with Gasteiger partial charge in [0.1, 0.15) is 4.90 Å². The SMILES string of the molecule is NCCS(=O)(=O)c1ccc(-c2cnn3c2CCC3)c(-c2nn[nH]n2)c1S(N)(=O)=O.O=C(O)C(F)(F)F. The number of aromatic amines is 1. The number of carboxylic acid groups (broad SMARTS) is 1. The van der Waals surface area contributed by atoms with Crippen LogP contribution < -0.4 is 10.9 Å². The lowest BCUT2D eigenvalue weighted by atomic mass is 9.98. The number of sulfonamides is 1. The summed E-state index contributed by atoms with van der Waals surface area (Å²) in [6.07, 6.45) is -1.83. The quantitative estimate of drug-likeness (QED) is 0.310. The topological polar surface area (TPSA) is 230 Å². The van der Waals surface area contributed by atoms with Gasteiger partial charge in [-0.2, -0.15) is 23.5 Å². The van der Waals surface area contributed by atoms with Gasteiger partial charge in [-0.15, -0.1) is 10.2 Å². The number of hydrogen-bond donors (Lipinski definition) is 4. The van der Waals surface area contributed by atoms with E-state index in [-0.39, 0.29) is 17.9 Å². The molecule has 0 fully saturated rings. The number of nitrogens with zero attached hydrogens (tertiary/aromatic N) is 5. The molecule has 0 saturated carbocycles. The van der Waals surface area contributed by atoms with Crippen LogP contribution >= 0.6 is 0 Å². The van der Waals surface area contributed by atoms with Crippen LogP contribution in [0, 0.1) is 0 Å². The van der Waals surface area contributed by atoms with E-state index in [4.69, 9.17) is 20.8 Å². The Balaban J connectivity index is 0.000000454. The van der Waals surface area contributed by atoms with Crippen molar-refractivity contribution in [3.8, 4) is 22.5 Å². The fourth-order valence-electron chi connectivity index (χ4n) is 3.56. The fraction of sp³-hybridized carbons (Fsp3) is 0.353. The van der Waals surface area contributed by atoms with E-state index >= 15 is 0 Å². The Bertz CT molecular complexity index is 1490. The van der Waals surface area contributed by atoms with Crippen molar-refractivity contribution in [1.82, 2.24) is 30.4 Å². The molecule has 2 aromatic heterocycles. The third-order valence-electron chi connectivity index (χ3n) is 4.96. The van der Waals surface area contributed by atoms with Crippen molar-refractivity contribution in [3.05, 3.63) is 24.0 Å². The van der Waals surface area contributed by atoms with Crippen LogP contribution in [0.15, 0.2) is 28.1 Å². The summed E-state index contributed by atoms with van der Waals surface area (Å²) in [5, 5.41) is 30.4. The average molecular weight is 553 g/mol. The summed E-state index contributed by atoms with van der Waals surface area (Å²) >= 11 is 0. The number of hydrogen-bond acceptors (Lipinski definition) is 10. The van der Waals surface area contributed by atoms with E-state index in [0.29, 0.717) is 11.1 Å². The number of carbonyl (C=O) groups is 1. The molecule has 1 aliphatic heterocycles. The molecular weight excluding hydrogens is 533 g/mol. The number of aryl methyl sites for hydroxylation is 1. The Hall–Kier alpha value is -3.42.